The Morgan fingerprint density at radius 1 is 1.36 bits per heavy atom. The van der Waals surface area contributed by atoms with Crippen LogP contribution in [0.5, 0.6) is 11.5 Å². The van der Waals surface area contributed by atoms with Gasteiger partial charge in [-0.3, -0.25) is 4.79 Å². The summed E-state index contributed by atoms with van der Waals surface area (Å²) in [5.41, 5.74) is 1.11. The zero-order chi connectivity index (χ0) is 17.6. The molecule has 1 amide bonds. The second-order valence-electron chi connectivity index (χ2n) is 5.53. The minimum Gasteiger partial charge on any atom is -0.395 e. The topological polar surface area (TPSA) is 76.6 Å². The van der Waals surface area contributed by atoms with Crippen LogP contribution in [0.1, 0.15) is 11.1 Å². The van der Waals surface area contributed by atoms with Crippen molar-refractivity contribution in [2.45, 2.75) is 19.4 Å². The van der Waals surface area contributed by atoms with Crippen LogP contribution in [0.3, 0.4) is 0 Å². The fraction of sp³-hybridized carbons (Fsp3) is 0.267. The number of nitrogens with zero attached hydrogens (tertiary/aromatic N) is 3. The van der Waals surface area contributed by atoms with Crippen LogP contribution >= 0.6 is 11.6 Å². The Bertz CT molecular complexity index is 865. The zero-order valence-electron chi connectivity index (χ0n) is 12.6. The number of para-hydroxylation sites is 1. The summed E-state index contributed by atoms with van der Waals surface area (Å²) in [6.45, 7) is 0.351. The van der Waals surface area contributed by atoms with Crippen LogP contribution in [0.4, 0.5) is 14.6 Å². The molecule has 0 spiro atoms. The molecule has 1 aromatic carbocycles. The molecule has 0 atom stereocenters. The molecular weight excluding hydrogens is 358 g/mol. The summed E-state index contributed by atoms with van der Waals surface area (Å²) in [4.78, 5) is 21.7. The molecule has 0 unspecified atom stereocenters. The number of halogens is 3. The number of ether oxygens (including phenoxy) is 2. The molecule has 4 rings (SSSR count). The summed E-state index contributed by atoms with van der Waals surface area (Å²) < 4.78 is 35.8. The van der Waals surface area contributed by atoms with E-state index in [0.29, 0.717) is 16.9 Å². The smallest absolute Gasteiger partial charge is 0.395 e. The second kappa shape index (κ2) is 5.69. The number of carbonyl (C=O) groups is 1. The summed E-state index contributed by atoms with van der Waals surface area (Å²) in [5.74, 6) is 0.118. The molecule has 0 saturated carbocycles. The molecular formula is C15H11ClF2N4O3. The number of rotatable bonds is 2. The van der Waals surface area contributed by atoms with Crippen molar-refractivity contribution in [3.05, 3.63) is 40.8 Å². The van der Waals surface area contributed by atoms with E-state index in [1.165, 1.54) is 12.3 Å². The summed E-state index contributed by atoms with van der Waals surface area (Å²) in [5, 5.41) is 2.75. The molecule has 1 N–H and O–H groups in total. The molecule has 2 aliphatic heterocycles. The van der Waals surface area contributed by atoms with Gasteiger partial charge in [0, 0.05) is 30.4 Å². The molecule has 25 heavy (non-hydrogen) atoms. The zero-order valence-corrected chi connectivity index (χ0v) is 13.4. The van der Waals surface area contributed by atoms with Crippen LogP contribution in [0, 0.1) is 0 Å². The monoisotopic (exact) mass is 368 g/mol. The molecule has 7 nitrogen and oxygen atoms in total. The van der Waals surface area contributed by atoms with Crippen molar-refractivity contribution in [2.75, 3.05) is 11.4 Å². The molecule has 2 aromatic rings. The number of carbonyl (C=O) groups excluding carboxylic acids is 1. The Morgan fingerprint density at radius 3 is 3.04 bits per heavy atom. The van der Waals surface area contributed by atoms with Gasteiger partial charge in [-0.1, -0.05) is 12.1 Å². The number of benzene rings is 1. The molecule has 0 radical (unpaired) electrons. The molecule has 0 aliphatic carbocycles. The van der Waals surface area contributed by atoms with Gasteiger partial charge in [0.25, 0.3) is 0 Å². The number of hydrogen-bond donors (Lipinski definition) is 1. The molecule has 10 heteroatoms. The van der Waals surface area contributed by atoms with Gasteiger partial charge < -0.3 is 19.7 Å². The fourth-order valence-electron chi connectivity index (χ4n) is 2.76. The number of alkyl halides is 2. The minimum atomic E-state index is -3.71. The van der Waals surface area contributed by atoms with Crippen LogP contribution in [-0.4, -0.2) is 28.7 Å². The van der Waals surface area contributed by atoms with Crippen LogP contribution in [0.15, 0.2) is 24.4 Å². The highest BCUT2D eigenvalue weighted by Crippen LogP contribution is 2.43. The fourth-order valence-corrected chi connectivity index (χ4v) is 2.89. The van der Waals surface area contributed by atoms with E-state index < -0.39 is 6.29 Å². The lowest BCUT2D eigenvalue weighted by Gasteiger charge is -2.23. The first kappa shape index (κ1) is 15.8. The number of nitrogens with one attached hydrogen (secondary N) is 1. The quantitative estimate of drug-likeness (QED) is 0.818. The highest BCUT2D eigenvalue weighted by molar-refractivity contribution is 6.28. The van der Waals surface area contributed by atoms with Crippen molar-refractivity contribution in [2.24, 2.45) is 0 Å². The highest BCUT2D eigenvalue weighted by Gasteiger charge is 2.44. The SMILES string of the molecule is O=C1CN(Cc2cccc3c2OC(F)(F)O3)c2nc(Cl)ncc2CN1. The summed E-state index contributed by atoms with van der Waals surface area (Å²) in [7, 11) is 0. The first-order valence-corrected chi connectivity index (χ1v) is 7.70. The predicted octanol–water partition coefficient (Wildman–Crippen LogP) is 2.09. The van der Waals surface area contributed by atoms with Crippen molar-refractivity contribution < 1.29 is 23.0 Å². The third kappa shape index (κ3) is 3.02. The Hall–Kier alpha value is -2.68. The number of anilines is 1. The van der Waals surface area contributed by atoms with Gasteiger partial charge in [-0.15, -0.1) is 8.78 Å². The lowest BCUT2D eigenvalue weighted by Crippen LogP contribution is -2.34. The second-order valence-corrected chi connectivity index (χ2v) is 5.87. The molecule has 2 aliphatic rings. The molecule has 1 aromatic heterocycles. The van der Waals surface area contributed by atoms with E-state index >= 15 is 0 Å². The maximum absolute atomic E-state index is 13.4. The lowest BCUT2D eigenvalue weighted by atomic mass is 10.1. The van der Waals surface area contributed by atoms with Crippen LogP contribution < -0.4 is 19.7 Å². The number of aromatic nitrogens is 2. The maximum Gasteiger partial charge on any atom is 0.586 e. The normalized spacial score (nSPS) is 17.7. The van der Waals surface area contributed by atoms with Gasteiger partial charge in [0.15, 0.2) is 11.5 Å². The number of hydrogen-bond acceptors (Lipinski definition) is 6. The van der Waals surface area contributed by atoms with E-state index in [4.69, 9.17) is 11.6 Å². The van der Waals surface area contributed by atoms with E-state index in [9.17, 15) is 13.6 Å². The summed E-state index contributed by atoms with van der Waals surface area (Å²) in [6.07, 6.45) is -2.19. The predicted molar refractivity (Wildman–Crippen MR) is 82.6 cm³/mol. The largest absolute Gasteiger partial charge is 0.586 e. The molecule has 0 bridgehead atoms. The van der Waals surface area contributed by atoms with E-state index in [1.54, 1.807) is 17.0 Å². The number of amides is 1. The third-order valence-electron chi connectivity index (χ3n) is 3.79. The Morgan fingerprint density at radius 2 is 2.20 bits per heavy atom. The number of fused-ring (bicyclic) bond motifs is 2. The van der Waals surface area contributed by atoms with Gasteiger partial charge in [-0.25, -0.2) is 9.97 Å². The lowest BCUT2D eigenvalue weighted by molar-refractivity contribution is -0.286. The van der Waals surface area contributed by atoms with Gasteiger partial charge >= 0.3 is 6.29 Å². The average molecular weight is 369 g/mol. The van der Waals surface area contributed by atoms with Crippen LogP contribution in [0.2, 0.25) is 5.28 Å². The van der Waals surface area contributed by atoms with Crippen molar-refractivity contribution in [3.63, 3.8) is 0 Å². The third-order valence-corrected chi connectivity index (χ3v) is 3.98. The summed E-state index contributed by atoms with van der Waals surface area (Å²) >= 11 is 5.87. The Kier molecular flexibility index (Phi) is 3.60. The van der Waals surface area contributed by atoms with Gasteiger partial charge in [0.2, 0.25) is 11.2 Å². The van der Waals surface area contributed by atoms with Crippen molar-refractivity contribution in [1.82, 2.24) is 15.3 Å². The Labute approximate surface area is 145 Å². The molecule has 130 valence electrons. The molecule has 3 heterocycles. The molecule has 0 fully saturated rings. The average Bonchev–Trinajstić information content (AvgIpc) is 2.79. The molecule has 0 saturated heterocycles. The highest BCUT2D eigenvalue weighted by atomic mass is 35.5. The van der Waals surface area contributed by atoms with Crippen LogP contribution in [0.25, 0.3) is 0 Å². The minimum absolute atomic E-state index is 0.0126. The first-order valence-electron chi connectivity index (χ1n) is 7.32. The van der Waals surface area contributed by atoms with Gasteiger partial charge in [-0.2, -0.15) is 0 Å². The van der Waals surface area contributed by atoms with Crippen LogP contribution in [-0.2, 0) is 17.9 Å². The summed E-state index contributed by atoms with van der Waals surface area (Å²) in [6, 6.07) is 4.58. The van der Waals surface area contributed by atoms with Gasteiger partial charge in [0.05, 0.1) is 6.54 Å². The van der Waals surface area contributed by atoms with E-state index in [-0.39, 0.29) is 42.3 Å². The van der Waals surface area contributed by atoms with Crippen molar-refractivity contribution in [1.29, 1.82) is 0 Å². The maximum atomic E-state index is 13.4. The van der Waals surface area contributed by atoms with E-state index in [0.717, 1.165) is 0 Å². The van der Waals surface area contributed by atoms with Crippen molar-refractivity contribution in [3.8, 4) is 11.5 Å². The van der Waals surface area contributed by atoms with E-state index in [1.807, 2.05) is 0 Å². The van der Waals surface area contributed by atoms with Crippen molar-refractivity contribution >= 4 is 23.3 Å². The standard InChI is InChI=1S/C15H11ClF2N4O3/c16-14-20-5-9-4-19-11(23)7-22(13(9)21-14)6-8-2-1-3-10-12(8)25-15(17,18)24-10/h1-3,5H,4,6-7H2,(H,19,23). The van der Waals surface area contributed by atoms with Gasteiger partial charge in [-0.05, 0) is 17.7 Å². The Balaban J connectivity index is 1.71. The van der Waals surface area contributed by atoms with Gasteiger partial charge in [0.1, 0.15) is 5.82 Å². The first-order chi connectivity index (χ1) is 11.9. The van der Waals surface area contributed by atoms with E-state index in [2.05, 4.69) is 24.8 Å².